The third kappa shape index (κ3) is 8.65. The molecule has 10 nitrogen and oxygen atoms in total. The lowest BCUT2D eigenvalue weighted by atomic mass is 10.0. The van der Waals surface area contributed by atoms with Crippen LogP contribution in [0.25, 0.3) is 0 Å². The van der Waals surface area contributed by atoms with Crippen LogP contribution in [0.2, 0.25) is 0 Å². The number of Topliss-reactive ketones (excluding diaryl/α,β-unsaturated/α-hetero) is 1. The van der Waals surface area contributed by atoms with Gasteiger partial charge < -0.3 is 15.7 Å². The van der Waals surface area contributed by atoms with Crippen molar-refractivity contribution < 1.29 is 27.9 Å². The summed E-state index contributed by atoms with van der Waals surface area (Å²) in [5.74, 6) is -0.772. The first-order valence-electron chi connectivity index (χ1n) is 14.2. The molecule has 1 fully saturated rings. The molecule has 1 saturated heterocycles. The number of hydrogen-bond acceptors (Lipinski definition) is 8. The Morgan fingerprint density at radius 1 is 1.02 bits per heavy atom. The summed E-state index contributed by atoms with van der Waals surface area (Å²) in [7, 11) is -3.97. The zero-order valence-corrected chi connectivity index (χ0v) is 25.5. The molecule has 1 aromatic heterocycles. The van der Waals surface area contributed by atoms with Crippen molar-refractivity contribution in [2.24, 2.45) is 0 Å². The number of aromatic nitrogens is 1. The Morgan fingerprint density at radius 2 is 1.72 bits per heavy atom. The molecule has 0 bridgehead atoms. The van der Waals surface area contributed by atoms with Gasteiger partial charge in [-0.15, -0.1) is 11.8 Å². The molecule has 0 spiro atoms. The van der Waals surface area contributed by atoms with Gasteiger partial charge in [0.1, 0.15) is 23.7 Å². The van der Waals surface area contributed by atoms with E-state index < -0.39 is 39.4 Å². The van der Waals surface area contributed by atoms with Crippen LogP contribution in [-0.2, 0) is 37.2 Å². The Kier molecular flexibility index (Phi) is 11.3. The lowest BCUT2D eigenvalue weighted by Crippen LogP contribution is -2.53. The molecular weight excluding hydrogens is 588 g/mol. The van der Waals surface area contributed by atoms with Crippen LogP contribution in [0.3, 0.4) is 0 Å². The van der Waals surface area contributed by atoms with Gasteiger partial charge in [0, 0.05) is 37.8 Å². The van der Waals surface area contributed by atoms with Crippen molar-refractivity contribution in [1.82, 2.24) is 14.6 Å². The monoisotopic (exact) mass is 624 g/mol. The Bertz CT molecular complexity index is 1490. The summed E-state index contributed by atoms with van der Waals surface area (Å²) in [5.41, 5.74) is 1.49. The topological polar surface area (TPSA) is 146 Å². The quantitative estimate of drug-likeness (QED) is 0.215. The van der Waals surface area contributed by atoms with Crippen molar-refractivity contribution in [2.45, 2.75) is 61.4 Å². The smallest absolute Gasteiger partial charge is 0.326 e. The van der Waals surface area contributed by atoms with Crippen molar-refractivity contribution in [1.29, 1.82) is 0 Å². The fourth-order valence-electron chi connectivity index (χ4n) is 4.86. The third-order valence-corrected chi connectivity index (χ3v) is 10.6. The number of carboxylic acids is 1. The van der Waals surface area contributed by atoms with Crippen molar-refractivity contribution >= 4 is 45.3 Å². The second-order valence-electron chi connectivity index (χ2n) is 10.2. The summed E-state index contributed by atoms with van der Waals surface area (Å²) in [6.07, 6.45) is 3.58. The first kappa shape index (κ1) is 32.2. The predicted molar refractivity (Wildman–Crippen MR) is 166 cm³/mol. The predicted octanol–water partition coefficient (Wildman–Crippen LogP) is 3.74. The maximum atomic E-state index is 13.5. The van der Waals surface area contributed by atoms with Crippen LogP contribution >= 0.6 is 11.8 Å². The van der Waals surface area contributed by atoms with Crippen molar-refractivity contribution in [2.75, 3.05) is 17.6 Å². The van der Waals surface area contributed by atoms with E-state index in [9.17, 15) is 27.9 Å². The number of hydrogen-bond donors (Lipinski definition) is 3. The van der Waals surface area contributed by atoms with E-state index in [0.29, 0.717) is 31.4 Å². The Labute approximate surface area is 256 Å². The second-order valence-corrected chi connectivity index (χ2v) is 13.3. The van der Waals surface area contributed by atoms with E-state index in [1.54, 1.807) is 48.7 Å². The Balaban J connectivity index is 1.33. The highest BCUT2D eigenvalue weighted by atomic mass is 32.2. The minimum atomic E-state index is -3.97. The fraction of sp³-hybridized carbons (Fsp3) is 0.355. The SMILES string of the molecule is CCC1SC[C@@H](C(=O)NC(Cc2ccc(CC(=O)CCCNc3ccccn3)cc2)C(=O)O)N1S(=O)(=O)c1ccccc1. The van der Waals surface area contributed by atoms with Crippen LogP contribution in [0.5, 0.6) is 0 Å². The van der Waals surface area contributed by atoms with Gasteiger partial charge in [0.05, 0.1) is 10.3 Å². The van der Waals surface area contributed by atoms with Gasteiger partial charge >= 0.3 is 5.97 Å². The van der Waals surface area contributed by atoms with Crippen LogP contribution in [-0.4, -0.2) is 70.2 Å². The number of pyridine rings is 1. The number of carbonyl (C=O) groups is 3. The van der Waals surface area contributed by atoms with Gasteiger partial charge in [-0.25, -0.2) is 18.2 Å². The number of carbonyl (C=O) groups excluding carboxylic acids is 2. The van der Waals surface area contributed by atoms with E-state index in [1.807, 2.05) is 25.1 Å². The number of anilines is 1. The number of nitrogens with one attached hydrogen (secondary N) is 2. The molecule has 0 aliphatic carbocycles. The molecule has 3 aromatic rings. The van der Waals surface area contributed by atoms with Crippen molar-refractivity contribution in [3.63, 3.8) is 0 Å². The number of rotatable bonds is 15. The molecule has 0 radical (unpaired) electrons. The zero-order valence-electron chi connectivity index (χ0n) is 23.9. The van der Waals surface area contributed by atoms with E-state index in [-0.39, 0.29) is 29.3 Å². The summed E-state index contributed by atoms with van der Waals surface area (Å²) in [6, 6.07) is 18.3. The van der Waals surface area contributed by atoms with Crippen molar-refractivity contribution in [3.05, 3.63) is 90.1 Å². The maximum Gasteiger partial charge on any atom is 0.326 e. The molecule has 2 aromatic carbocycles. The summed E-state index contributed by atoms with van der Waals surface area (Å²) < 4.78 is 28.1. The molecule has 1 aliphatic heterocycles. The standard InChI is InChI=1S/C31H36N4O6S2/c1-2-29-35(43(40,41)25-10-4-3-5-11-25)27(21-42-29)30(37)34-26(31(38)39)20-23-15-13-22(14-16-23)19-24(36)9-8-18-33-28-12-6-7-17-32-28/h3-7,10-17,26-27,29H,2,8-9,18-21H2,1H3,(H,32,33)(H,34,37)(H,38,39)/t26?,27-,29?/m0/s1. The fourth-order valence-corrected chi connectivity index (χ4v) is 8.43. The highest BCUT2D eigenvalue weighted by Crippen LogP contribution is 2.36. The molecule has 0 saturated carbocycles. The molecule has 3 N–H and O–H groups in total. The molecule has 1 aliphatic rings. The van der Waals surface area contributed by atoms with E-state index in [1.165, 1.54) is 28.2 Å². The van der Waals surface area contributed by atoms with Crippen LogP contribution in [0, 0.1) is 0 Å². The normalized spacial score (nSPS) is 17.7. The second kappa shape index (κ2) is 15.1. The number of benzene rings is 2. The Morgan fingerprint density at radius 3 is 2.37 bits per heavy atom. The Hall–Kier alpha value is -3.74. The van der Waals surface area contributed by atoms with Gasteiger partial charge in [0.25, 0.3) is 0 Å². The molecule has 43 heavy (non-hydrogen) atoms. The summed E-state index contributed by atoms with van der Waals surface area (Å²) >= 11 is 1.36. The van der Waals surface area contributed by atoms with E-state index >= 15 is 0 Å². The third-order valence-electron chi connectivity index (χ3n) is 7.09. The van der Waals surface area contributed by atoms with Crippen molar-refractivity contribution in [3.8, 4) is 0 Å². The van der Waals surface area contributed by atoms with Crippen LogP contribution in [0.4, 0.5) is 5.82 Å². The number of nitrogens with zero attached hydrogens (tertiary/aromatic N) is 2. The maximum absolute atomic E-state index is 13.5. The average molecular weight is 625 g/mol. The number of thioether (sulfide) groups is 1. The van der Waals surface area contributed by atoms with Gasteiger partial charge in [-0.1, -0.05) is 55.5 Å². The summed E-state index contributed by atoms with van der Waals surface area (Å²) in [4.78, 5) is 42.1. The molecular formula is C31H36N4O6S2. The molecule has 12 heteroatoms. The number of ketones is 1. The summed E-state index contributed by atoms with van der Waals surface area (Å²) in [5, 5.41) is 15.2. The molecule has 2 heterocycles. The molecule has 2 unspecified atom stereocenters. The minimum Gasteiger partial charge on any atom is -0.480 e. The van der Waals surface area contributed by atoms with Gasteiger partial charge in [-0.2, -0.15) is 4.31 Å². The molecule has 228 valence electrons. The lowest BCUT2D eigenvalue weighted by molar-refractivity contribution is -0.142. The average Bonchev–Trinajstić information content (AvgIpc) is 3.46. The first-order chi connectivity index (χ1) is 20.7. The lowest BCUT2D eigenvalue weighted by Gasteiger charge is -2.28. The molecule has 3 atom stereocenters. The summed E-state index contributed by atoms with van der Waals surface area (Å²) in [6.45, 7) is 2.49. The van der Waals surface area contributed by atoms with Gasteiger partial charge in [0.15, 0.2) is 0 Å². The number of carboxylic acid groups (broad SMARTS) is 1. The highest BCUT2D eigenvalue weighted by molar-refractivity contribution is 8.01. The van der Waals surface area contributed by atoms with Gasteiger partial charge in [-0.3, -0.25) is 9.59 Å². The highest BCUT2D eigenvalue weighted by Gasteiger charge is 2.46. The number of aliphatic carboxylic acids is 1. The van der Waals surface area contributed by atoms with Crippen LogP contribution < -0.4 is 10.6 Å². The molecule has 4 rings (SSSR count). The number of sulfonamides is 1. The van der Waals surface area contributed by atoms with Crippen LogP contribution in [0.1, 0.15) is 37.3 Å². The first-order valence-corrected chi connectivity index (χ1v) is 16.7. The number of amides is 1. The van der Waals surface area contributed by atoms with E-state index in [4.69, 9.17) is 0 Å². The van der Waals surface area contributed by atoms with Gasteiger partial charge in [-0.05, 0) is 48.2 Å². The molecule has 1 amide bonds. The van der Waals surface area contributed by atoms with Crippen LogP contribution in [0.15, 0.2) is 83.9 Å². The minimum absolute atomic E-state index is 0.0109. The van der Waals surface area contributed by atoms with E-state index in [0.717, 1.165) is 11.4 Å². The van der Waals surface area contributed by atoms with E-state index in [2.05, 4.69) is 15.6 Å². The largest absolute Gasteiger partial charge is 0.480 e. The zero-order chi connectivity index (χ0) is 30.8. The van der Waals surface area contributed by atoms with Gasteiger partial charge in [0.2, 0.25) is 15.9 Å².